The number of aliphatic hydroxyl groups excluding tert-OH is 1. The lowest BCUT2D eigenvalue weighted by Crippen LogP contribution is -2.52. The molecule has 0 amide bonds. The number of aliphatic hydroxyl groups is 1. The Hall–Kier alpha value is -0.120. The van der Waals surface area contributed by atoms with Gasteiger partial charge in [-0.15, -0.1) is 0 Å². The average Bonchev–Trinajstić information content (AvgIpc) is 2.57. The molecule has 0 spiro atoms. The Labute approximate surface area is 93.1 Å². The van der Waals surface area contributed by atoms with Gasteiger partial charge in [0.1, 0.15) is 0 Å². The van der Waals surface area contributed by atoms with Crippen molar-refractivity contribution >= 4 is 0 Å². The first kappa shape index (κ1) is 11.4. The minimum absolute atomic E-state index is 0.0307. The standard InChI is InChI=1S/C12H24N2O/c1-10-8-13(2)6-7-14(10)9-11-4-3-5-12(11)15/h10-12,15H,3-9H2,1-2H3. The summed E-state index contributed by atoms with van der Waals surface area (Å²) >= 11 is 0. The molecule has 1 saturated heterocycles. The molecular weight excluding hydrogens is 188 g/mol. The van der Waals surface area contributed by atoms with Gasteiger partial charge in [-0.3, -0.25) is 4.90 Å². The van der Waals surface area contributed by atoms with E-state index in [-0.39, 0.29) is 6.10 Å². The van der Waals surface area contributed by atoms with E-state index in [1.165, 1.54) is 32.5 Å². The highest BCUT2D eigenvalue weighted by Gasteiger charge is 2.30. The minimum Gasteiger partial charge on any atom is -0.393 e. The van der Waals surface area contributed by atoms with E-state index in [1.807, 2.05) is 0 Å². The van der Waals surface area contributed by atoms with Gasteiger partial charge in [0.25, 0.3) is 0 Å². The van der Waals surface area contributed by atoms with Gasteiger partial charge in [-0.05, 0) is 32.7 Å². The number of hydrogen-bond donors (Lipinski definition) is 1. The first-order chi connectivity index (χ1) is 7.16. The summed E-state index contributed by atoms with van der Waals surface area (Å²) in [7, 11) is 2.19. The maximum absolute atomic E-state index is 9.82. The van der Waals surface area contributed by atoms with Gasteiger partial charge in [-0.2, -0.15) is 0 Å². The van der Waals surface area contributed by atoms with Crippen molar-refractivity contribution in [1.82, 2.24) is 9.80 Å². The van der Waals surface area contributed by atoms with Crippen LogP contribution in [0.15, 0.2) is 0 Å². The predicted molar refractivity (Wildman–Crippen MR) is 61.9 cm³/mol. The molecule has 0 aromatic carbocycles. The Kier molecular flexibility index (Phi) is 3.65. The predicted octanol–water partition coefficient (Wildman–Crippen LogP) is 0.783. The smallest absolute Gasteiger partial charge is 0.0580 e. The van der Waals surface area contributed by atoms with E-state index in [4.69, 9.17) is 0 Å². The monoisotopic (exact) mass is 212 g/mol. The molecule has 2 aliphatic rings. The molecule has 1 aliphatic heterocycles. The molecule has 2 rings (SSSR count). The molecule has 2 fully saturated rings. The van der Waals surface area contributed by atoms with Gasteiger partial charge in [0.15, 0.2) is 0 Å². The third kappa shape index (κ3) is 2.71. The third-order valence-electron chi connectivity index (χ3n) is 4.06. The molecule has 1 N–H and O–H groups in total. The highest BCUT2D eigenvalue weighted by molar-refractivity contribution is 4.84. The lowest BCUT2D eigenvalue weighted by Gasteiger charge is -2.39. The summed E-state index contributed by atoms with van der Waals surface area (Å²) in [5.74, 6) is 0.538. The maximum atomic E-state index is 9.82. The summed E-state index contributed by atoms with van der Waals surface area (Å²) in [5, 5.41) is 9.82. The zero-order valence-corrected chi connectivity index (χ0v) is 10.0. The van der Waals surface area contributed by atoms with Gasteiger partial charge in [-0.25, -0.2) is 0 Å². The molecule has 3 heteroatoms. The topological polar surface area (TPSA) is 26.7 Å². The van der Waals surface area contributed by atoms with E-state index in [2.05, 4.69) is 23.8 Å². The number of nitrogens with zero attached hydrogens (tertiary/aromatic N) is 2. The van der Waals surface area contributed by atoms with Crippen LogP contribution < -0.4 is 0 Å². The van der Waals surface area contributed by atoms with Crippen molar-refractivity contribution in [2.45, 2.75) is 38.3 Å². The zero-order valence-electron chi connectivity index (χ0n) is 10.0. The van der Waals surface area contributed by atoms with Crippen LogP contribution in [0.4, 0.5) is 0 Å². The molecule has 1 saturated carbocycles. The van der Waals surface area contributed by atoms with Crippen molar-refractivity contribution in [2.24, 2.45) is 5.92 Å². The van der Waals surface area contributed by atoms with E-state index in [0.717, 1.165) is 13.0 Å². The summed E-state index contributed by atoms with van der Waals surface area (Å²) in [6.45, 7) is 6.92. The van der Waals surface area contributed by atoms with Crippen LogP contribution >= 0.6 is 0 Å². The van der Waals surface area contributed by atoms with E-state index < -0.39 is 0 Å². The van der Waals surface area contributed by atoms with Crippen molar-refractivity contribution in [3.63, 3.8) is 0 Å². The van der Waals surface area contributed by atoms with Crippen LogP contribution in [0.5, 0.6) is 0 Å². The number of likely N-dealkylation sites (N-methyl/N-ethyl adjacent to an activating group) is 1. The average molecular weight is 212 g/mol. The molecule has 1 aliphatic carbocycles. The van der Waals surface area contributed by atoms with Crippen molar-refractivity contribution in [3.05, 3.63) is 0 Å². The lowest BCUT2D eigenvalue weighted by molar-refractivity contribution is 0.0522. The Morgan fingerprint density at radius 1 is 1.27 bits per heavy atom. The molecule has 0 bridgehead atoms. The third-order valence-corrected chi connectivity index (χ3v) is 4.06. The van der Waals surface area contributed by atoms with Crippen molar-refractivity contribution in [1.29, 1.82) is 0 Å². The van der Waals surface area contributed by atoms with Crippen LogP contribution in [0.3, 0.4) is 0 Å². The van der Waals surface area contributed by atoms with Crippen LogP contribution in [0.25, 0.3) is 0 Å². The first-order valence-corrected chi connectivity index (χ1v) is 6.27. The highest BCUT2D eigenvalue weighted by atomic mass is 16.3. The molecule has 1 heterocycles. The summed E-state index contributed by atoms with van der Waals surface area (Å²) in [6, 6.07) is 0.650. The van der Waals surface area contributed by atoms with E-state index >= 15 is 0 Å². The molecule has 0 radical (unpaired) electrons. The second-order valence-electron chi connectivity index (χ2n) is 5.36. The van der Waals surface area contributed by atoms with Crippen LogP contribution in [-0.4, -0.2) is 60.3 Å². The Morgan fingerprint density at radius 3 is 2.67 bits per heavy atom. The first-order valence-electron chi connectivity index (χ1n) is 6.27. The number of piperazine rings is 1. The minimum atomic E-state index is -0.0307. The van der Waals surface area contributed by atoms with Crippen molar-refractivity contribution in [2.75, 3.05) is 33.2 Å². The Morgan fingerprint density at radius 2 is 2.07 bits per heavy atom. The van der Waals surface area contributed by atoms with Gasteiger partial charge in [0.2, 0.25) is 0 Å². The quantitative estimate of drug-likeness (QED) is 0.733. The normalized spacial score (nSPS) is 39.8. The Bertz CT molecular complexity index is 210. The fraction of sp³-hybridized carbons (Fsp3) is 1.00. The molecule has 15 heavy (non-hydrogen) atoms. The number of rotatable bonds is 2. The summed E-state index contributed by atoms with van der Waals surface area (Å²) in [5.41, 5.74) is 0. The van der Waals surface area contributed by atoms with Crippen LogP contribution in [-0.2, 0) is 0 Å². The summed E-state index contributed by atoms with van der Waals surface area (Å²) in [6.07, 6.45) is 3.43. The van der Waals surface area contributed by atoms with Crippen LogP contribution in [0, 0.1) is 5.92 Å². The van der Waals surface area contributed by atoms with E-state index in [9.17, 15) is 5.11 Å². The maximum Gasteiger partial charge on any atom is 0.0580 e. The zero-order chi connectivity index (χ0) is 10.8. The van der Waals surface area contributed by atoms with Gasteiger partial charge >= 0.3 is 0 Å². The highest BCUT2D eigenvalue weighted by Crippen LogP contribution is 2.27. The summed E-state index contributed by atoms with van der Waals surface area (Å²) < 4.78 is 0. The lowest BCUT2D eigenvalue weighted by atomic mass is 10.0. The molecule has 88 valence electrons. The van der Waals surface area contributed by atoms with Crippen molar-refractivity contribution < 1.29 is 5.11 Å². The fourth-order valence-corrected chi connectivity index (χ4v) is 2.98. The fourth-order valence-electron chi connectivity index (χ4n) is 2.98. The largest absolute Gasteiger partial charge is 0.393 e. The Balaban J connectivity index is 1.83. The second kappa shape index (κ2) is 4.81. The summed E-state index contributed by atoms with van der Waals surface area (Å²) in [4.78, 5) is 4.95. The van der Waals surface area contributed by atoms with Gasteiger partial charge in [0.05, 0.1) is 6.10 Å². The van der Waals surface area contributed by atoms with Crippen LogP contribution in [0.1, 0.15) is 26.2 Å². The molecule has 3 nitrogen and oxygen atoms in total. The SMILES string of the molecule is CC1CN(C)CCN1CC1CCCC1O. The van der Waals surface area contributed by atoms with Crippen molar-refractivity contribution in [3.8, 4) is 0 Å². The van der Waals surface area contributed by atoms with E-state index in [1.54, 1.807) is 0 Å². The molecule has 0 aromatic heterocycles. The number of hydrogen-bond acceptors (Lipinski definition) is 3. The van der Waals surface area contributed by atoms with Crippen LogP contribution in [0.2, 0.25) is 0 Å². The van der Waals surface area contributed by atoms with Gasteiger partial charge in [-0.1, -0.05) is 6.42 Å². The van der Waals surface area contributed by atoms with E-state index in [0.29, 0.717) is 12.0 Å². The molecule has 3 atom stereocenters. The molecular formula is C12H24N2O. The second-order valence-corrected chi connectivity index (χ2v) is 5.36. The molecule has 3 unspecified atom stereocenters. The van der Waals surface area contributed by atoms with Gasteiger partial charge in [0, 0.05) is 32.2 Å². The molecule has 0 aromatic rings. The van der Waals surface area contributed by atoms with Gasteiger partial charge < -0.3 is 10.0 Å².